The molecule has 1 atom stereocenters. The summed E-state index contributed by atoms with van der Waals surface area (Å²) >= 11 is 0. The summed E-state index contributed by atoms with van der Waals surface area (Å²) in [6.07, 6.45) is -7.66. The quantitative estimate of drug-likeness (QED) is 0.585. The maximum Gasteiger partial charge on any atom is 0.420 e. The molecule has 9 heavy (non-hydrogen) atoms. The van der Waals surface area contributed by atoms with Crippen LogP contribution in [0.1, 0.15) is 0 Å². The molecule has 0 aliphatic rings. The van der Waals surface area contributed by atoms with Crippen LogP contribution in [0.3, 0.4) is 0 Å². The maximum atomic E-state index is 11.4. The summed E-state index contributed by atoms with van der Waals surface area (Å²) in [6.45, 7) is -0.997. The van der Waals surface area contributed by atoms with E-state index in [2.05, 4.69) is 5.73 Å². The highest BCUT2D eigenvalue weighted by Crippen LogP contribution is 2.21. The normalized spacial score (nSPS) is 14.3. The Hall–Kier alpha value is -0.0300. The molecule has 0 amide bonds. The van der Waals surface area contributed by atoms with Crippen LogP contribution < -0.4 is 5.73 Å². The minimum atomic E-state index is -4.78. The number of halogens is 5. The second-order valence-electron chi connectivity index (χ2n) is 1.24. The summed E-state index contributed by atoms with van der Waals surface area (Å²) < 4.78 is 44.4. The molecule has 0 aliphatic carbocycles. The molecule has 0 aliphatic heterocycles. The molecule has 0 fully saturated rings. The van der Waals surface area contributed by atoms with Crippen molar-refractivity contribution in [1.29, 1.82) is 0 Å². The van der Waals surface area contributed by atoms with E-state index >= 15 is 0 Å². The topological polar surface area (TPSA) is 26.0 Å². The van der Waals surface area contributed by atoms with Crippen molar-refractivity contribution in [2.45, 2.75) is 12.3 Å². The average Bonchev–Trinajstić information content (AvgIpc) is 1.62. The van der Waals surface area contributed by atoms with E-state index in [-0.39, 0.29) is 12.4 Å². The molecule has 58 valence electrons. The van der Waals surface area contributed by atoms with Crippen LogP contribution in [0.5, 0.6) is 0 Å². The van der Waals surface area contributed by atoms with E-state index in [0.29, 0.717) is 0 Å². The van der Waals surface area contributed by atoms with Gasteiger partial charge in [-0.1, -0.05) is 0 Å². The van der Waals surface area contributed by atoms with Crippen molar-refractivity contribution in [1.82, 2.24) is 0 Å². The third-order valence-corrected chi connectivity index (χ3v) is 0.562. The van der Waals surface area contributed by atoms with Gasteiger partial charge in [-0.05, 0) is 0 Å². The van der Waals surface area contributed by atoms with Gasteiger partial charge >= 0.3 is 6.18 Å². The molecular weight excluding hydrogens is 161 g/mol. The lowest BCUT2D eigenvalue weighted by Gasteiger charge is -2.07. The molecule has 1 unspecified atom stereocenters. The van der Waals surface area contributed by atoms with Crippen molar-refractivity contribution >= 4 is 12.4 Å². The molecule has 0 aromatic heterocycles. The number of hydrogen-bond acceptors (Lipinski definition) is 1. The Balaban J connectivity index is 0. The first-order valence-corrected chi connectivity index (χ1v) is 1.89. The van der Waals surface area contributed by atoms with Crippen molar-refractivity contribution in [3.63, 3.8) is 0 Å². The number of rotatable bonds is 1. The fourth-order valence-corrected chi connectivity index (χ4v) is 0.134. The molecule has 0 heterocycles. The highest BCUT2D eigenvalue weighted by molar-refractivity contribution is 5.85. The molecule has 1 nitrogen and oxygen atoms in total. The predicted octanol–water partition coefficient (Wildman–Crippen LogP) is 1.27. The van der Waals surface area contributed by atoms with Crippen LogP contribution >= 0.6 is 12.4 Å². The van der Waals surface area contributed by atoms with Crippen molar-refractivity contribution in [3.05, 3.63) is 0 Å². The average molecular weight is 168 g/mol. The van der Waals surface area contributed by atoms with E-state index in [9.17, 15) is 17.6 Å². The highest BCUT2D eigenvalue weighted by atomic mass is 35.5. The van der Waals surface area contributed by atoms with Crippen molar-refractivity contribution in [2.24, 2.45) is 5.73 Å². The molecule has 0 bridgehead atoms. The third kappa shape index (κ3) is 4.47. The summed E-state index contributed by atoms with van der Waals surface area (Å²) in [5, 5.41) is 0. The molecular formula is C3H6ClF4N. The largest absolute Gasteiger partial charge is 0.420 e. The second-order valence-corrected chi connectivity index (χ2v) is 1.24. The molecule has 0 rings (SSSR count). The molecule has 0 aromatic carbocycles. The van der Waals surface area contributed by atoms with Gasteiger partial charge in [0.1, 0.15) is 0 Å². The fraction of sp³-hybridized carbons (Fsp3) is 1.00. The first kappa shape index (κ1) is 11.7. The van der Waals surface area contributed by atoms with E-state index in [0.717, 1.165) is 0 Å². The summed E-state index contributed by atoms with van der Waals surface area (Å²) in [5.74, 6) is 0. The molecule has 0 aromatic rings. The van der Waals surface area contributed by atoms with Crippen molar-refractivity contribution < 1.29 is 17.6 Å². The van der Waals surface area contributed by atoms with Gasteiger partial charge in [0.05, 0.1) is 0 Å². The van der Waals surface area contributed by atoms with E-state index in [1.165, 1.54) is 0 Å². The zero-order chi connectivity index (χ0) is 6.78. The van der Waals surface area contributed by atoms with Crippen molar-refractivity contribution in [2.75, 3.05) is 6.54 Å². The number of alkyl halides is 4. The van der Waals surface area contributed by atoms with Crippen LogP contribution in [0.15, 0.2) is 0 Å². The first-order chi connectivity index (χ1) is 3.48. The van der Waals surface area contributed by atoms with E-state index in [1.807, 2.05) is 0 Å². The Kier molecular flexibility index (Phi) is 5.08. The van der Waals surface area contributed by atoms with Gasteiger partial charge in [-0.15, -0.1) is 12.4 Å². The van der Waals surface area contributed by atoms with Gasteiger partial charge in [0.25, 0.3) is 0 Å². The van der Waals surface area contributed by atoms with Gasteiger partial charge in [0, 0.05) is 6.54 Å². The zero-order valence-electron chi connectivity index (χ0n) is 4.28. The van der Waals surface area contributed by atoms with Gasteiger partial charge in [0.2, 0.25) is 6.17 Å². The Morgan fingerprint density at radius 1 is 1.33 bits per heavy atom. The lowest BCUT2D eigenvalue weighted by atomic mass is 10.4. The molecule has 0 saturated heterocycles. The van der Waals surface area contributed by atoms with Crippen LogP contribution in [0.25, 0.3) is 0 Å². The Morgan fingerprint density at radius 2 is 1.67 bits per heavy atom. The lowest BCUT2D eigenvalue weighted by Crippen LogP contribution is -2.31. The predicted molar refractivity (Wildman–Crippen MR) is 27.3 cm³/mol. The van der Waals surface area contributed by atoms with Gasteiger partial charge < -0.3 is 5.73 Å². The summed E-state index contributed by atoms with van der Waals surface area (Å²) in [7, 11) is 0. The van der Waals surface area contributed by atoms with Crippen LogP contribution in [0.4, 0.5) is 17.6 Å². The maximum absolute atomic E-state index is 11.4. The highest BCUT2D eigenvalue weighted by Gasteiger charge is 2.38. The van der Waals surface area contributed by atoms with Gasteiger partial charge in [-0.2, -0.15) is 13.2 Å². The first-order valence-electron chi connectivity index (χ1n) is 1.89. The SMILES string of the molecule is Cl.NCC(F)C(F)(F)F. The van der Waals surface area contributed by atoms with Gasteiger partial charge in [-0.25, -0.2) is 4.39 Å². The van der Waals surface area contributed by atoms with Crippen molar-refractivity contribution in [3.8, 4) is 0 Å². The molecule has 2 N–H and O–H groups in total. The number of nitrogens with two attached hydrogens (primary N) is 1. The van der Waals surface area contributed by atoms with Crippen LogP contribution in [-0.4, -0.2) is 18.9 Å². The summed E-state index contributed by atoms with van der Waals surface area (Å²) in [4.78, 5) is 0. The molecule has 0 spiro atoms. The Labute approximate surface area is 55.6 Å². The summed E-state index contributed by atoms with van der Waals surface area (Å²) in [5.41, 5.74) is 4.36. The summed E-state index contributed by atoms with van der Waals surface area (Å²) in [6, 6.07) is 0. The Morgan fingerprint density at radius 3 is 1.67 bits per heavy atom. The fourth-order valence-electron chi connectivity index (χ4n) is 0.134. The lowest BCUT2D eigenvalue weighted by molar-refractivity contribution is -0.177. The smallest absolute Gasteiger partial charge is 0.327 e. The minimum Gasteiger partial charge on any atom is -0.327 e. The molecule has 6 heteroatoms. The standard InChI is InChI=1S/C3H5F4N.ClH/c4-2(1-8)3(5,6)7;/h2H,1,8H2;1H. The third-order valence-electron chi connectivity index (χ3n) is 0.562. The Bertz CT molecular complexity index is 72.7. The van der Waals surface area contributed by atoms with Crippen LogP contribution in [0.2, 0.25) is 0 Å². The zero-order valence-corrected chi connectivity index (χ0v) is 5.10. The minimum absolute atomic E-state index is 0. The molecule has 0 radical (unpaired) electrons. The van der Waals surface area contributed by atoms with Gasteiger partial charge in [-0.3, -0.25) is 0 Å². The van der Waals surface area contributed by atoms with E-state index < -0.39 is 18.9 Å². The van der Waals surface area contributed by atoms with Crippen LogP contribution in [0, 0.1) is 0 Å². The molecule has 0 saturated carbocycles. The number of hydrogen-bond donors (Lipinski definition) is 1. The van der Waals surface area contributed by atoms with E-state index in [4.69, 9.17) is 0 Å². The van der Waals surface area contributed by atoms with E-state index in [1.54, 1.807) is 0 Å². The monoisotopic (exact) mass is 167 g/mol. The second kappa shape index (κ2) is 3.90. The van der Waals surface area contributed by atoms with Crippen LogP contribution in [-0.2, 0) is 0 Å². The van der Waals surface area contributed by atoms with Gasteiger partial charge in [0.15, 0.2) is 0 Å².